The number of amides is 2. The number of urea groups is 1. The fraction of sp³-hybridized carbons (Fsp3) is 0.364. The maximum absolute atomic E-state index is 11.5. The number of unbranched alkanes of at least 4 members (excludes halogenated alkanes) is 1. The summed E-state index contributed by atoms with van der Waals surface area (Å²) in [5, 5.41) is 6.08. The smallest absolute Gasteiger partial charge is 0.319 e. The van der Waals surface area contributed by atoms with Crippen LogP contribution in [0.4, 0.5) is 10.5 Å². The lowest BCUT2D eigenvalue weighted by atomic mass is 10.3. The fourth-order valence-corrected chi connectivity index (χ4v) is 1.66. The van der Waals surface area contributed by atoms with Crippen LogP contribution in [0.3, 0.4) is 0 Å². The first-order chi connectivity index (χ1) is 7.63. The molecule has 1 aromatic rings. The number of nitrogens with one attached hydrogen (secondary N) is 2. The molecule has 0 aliphatic rings. The van der Waals surface area contributed by atoms with E-state index in [4.69, 9.17) is 11.6 Å². The van der Waals surface area contributed by atoms with Gasteiger partial charge in [-0.2, -0.15) is 0 Å². The minimum atomic E-state index is -0.212. The number of benzene rings is 1. The first-order valence-electron chi connectivity index (χ1n) is 5.13. The van der Waals surface area contributed by atoms with Crippen molar-refractivity contribution in [2.24, 2.45) is 0 Å². The summed E-state index contributed by atoms with van der Waals surface area (Å²) in [6.45, 7) is 2.76. The van der Waals surface area contributed by atoms with Gasteiger partial charge in [0.15, 0.2) is 0 Å². The Morgan fingerprint density at radius 1 is 1.50 bits per heavy atom. The third-order valence-electron chi connectivity index (χ3n) is 1.99. The Hall–Kier alpha value is -0.740. The molecule has 0 radical (unpaired) electrons. The molecule has 0 aliphatic heterocycles. The van der Waals surface area contributed by atoms with Crippen molar-refractivity contribution in [2.45, 2.75) is 19.8 Å². The summed E-state index contributed by atoms with van der Waals surface area (Å²) in [5.41, 5.74) is 0.668. The Bertz CT molecular complexity index is 371. The molecule has 88 valence electrons. The van der Waals surface area contributed by atoms with E-state index in [1.165, 1.54) is 0 Å². The standard InChI is InChI=1S/C11H14BrClN2O/c1-2-3-6-14-11(16)15-10-7-8(13)4-5-9(10)12/h4-5,7H,2-3,6H2,1H3,(H2,14,15,16). The number of anilines is 1. The Balaban J connectivity index is 2.52. The lowest BCUT2D eigenvalue weighted by Crippen LogP contribution is -2.29. The van der Waals surface area contributed by atoms with Crippen LogP contribution in [0.2, 0.25) is 5.02 Å². The van der Waals surface area contributed by atoms with Gasteiger partial charge in [-0.25, -0.2) is 4.79 Å². The molecule has 1 rings (SSSR count). The third kappa shape index (κ3) is 4.41. The summed E-state index contributed by atoms with van der Waals surface area (Å²) >= 11 is 9.17. The second kappa shape index (κ2) is 6.76. The van der Waals surface area contributed by atoms with Crippen LogP contribution in [-0.2, 0) is 0 Å². The molecule has 0 aromatic heterocycles. The molecule has 3 nitrogen and oxygen atoms in total. The van der Waals surface area contributed by atoms with Crippen LogP contribution in [-0.4, -0.2) is 12.6 Å². The lowest BCUT2D eigenvalue weighted by molar-refractivity contribution is 0.252. The van der Waals surface area contributed by atoms with E-state index in [2.05, 4.69) is 33.5 Å². The molecule has 0 atom stereocenters. The molecule has 2 amide bonds. The summed E-state index contributed by atoms with van der Waals surface area (Å²) in [5.74, 6) is 0. The Kier molecular flexibility index (Phi) is 5.63. The van der Waals surface area contributed by atoms with Crippen LogP contribution < -0.4 is 10.6 Å². The van der Waals surface area contributed by atoms with E-state index in [-0.39, 0.29) is 6.03 Å². The molecule has 0 fully saturated rings. The van der Waals surface area contributed by atoms with Gasteiger partial charge in [0.1, 0.15) is 0 Å². The lowest BCUT2D eigenvalue weighted by Gasteiger charge is -2.09. The van der Waals surface area contributed by atoms with Crippen molar-refractivity contribution in [2.75, 3.05) is 11.9 Å². The highest BCUT2D eigenvalue weighted by Gasteiger charge is 2.04. The summed E-state index contributed by atoms with van der Waals surface area (Å²) in [4.78, 5) is 11.5. The second-order valence-corrected chi connectivity index (χ2v) is 4.65. The van der Waals surface area contributed by atoms with Crippen molar-refractivity contribution < 1.29 is 4.79 Å². The van der Waals surface area contributed by atoms with Crippen molar-refractivity contribution >= 4 is 39.2 Å². The average Bonchev–Trinajstić information content (AvgIpc) is 2.24. The van der Waals surface area contributed by atoms with E-state index in [1.807, 2.05) is 0 Å². The van der Waals surface area contributed by atoms with Gasteiger partial charge in [-0.3, -0.25) is 0 Å². The van der Waals surface area contributed by atoms with Crippen LogP contribution in [0.15, 0.2) is 22.7 Å². The minimum Gasteiger partial charge on any atom is -0.338 e. The fourth-order valence-electron chi connectivity index (χ4n) is 1.14. The molecule has 5 heteroatoms. The van der Waals surface area contributed by atoms with Crippen molar-refractivity contribution in [1.82, 2.24) is 5.32 Å². The number of rotatable bonds is 4. The summed E-state index contributed by atoms with van der Waals surface area (Å²) < 4.78 is 0.808. The van der Waals surface area contributed by atoms with E-state index in [9.17, 15) is 4.79 Å². The van der Waals surface area contributed by atoms with Gasteiger partial charge in [0, 0.05) is 16.0 Å². The van der Waals surface area contributed by atoms with Gasteiger partial charge in [0.05, 0.1) is 5.69 Å². The third-order valence-corrected chi connectivity index (χ3v) is 2.92. The molecular weight excluding hydrogens is 291 g/mol. The van der Waals surface area contributed by atoms with Gasteiger partial charge in [0.25, 0.3) is 0 Å². The Morgan fingerprint density at radius 3 is 2.94 bits per heavy atom. The topological polar surface area (TPSA) is 41.1 Å². The van der Waals surface area contributed by atoms with E-state index < -0.39 is 0 Å². The highest BCUT2D eigenvalue weighted by molar-refractivity contribution is 9.10. The van der Waals surface area contributed by atoms with Crippen molar-refractivity contribution in [3.05, 3.63) is 27.7 Å². The Labute approximate surface area is 109 Å². The number of hydrogen-bond acceptors (Lipinski definition) is 1. The zero-order valence-corrected chi connectivity index (χ0v) is 11.4. The molecule has 0 spiro atoms. The van der Waals surface area contributed by atoms with Crippen molar-refractivity contribution in [3.8, 4) is 0 Å². The monoisotopic (exact) mass is 304 g/mol. The zero-order chi connectivity index (χ0) is 12.0. The van der Waals surface area contributed by atoms with Crippen molar-refractivity contribution in [3.63, 3.8) is 0 Å². The first kappa shape index (κ1) is 13.3. The van der Waals surface area contributed by atoms with Crippen LogP contribution >= 0.6 is 27.5 Å². The van der Waals surface area contributed by atoms with Crippen LogP contribution in [0.25, 0.3) is 0 Å². The van der Waals surface area contributed by atoms with E-state index in [1.54, 1.807) is 18.2 Å². The minimum absolute atomic E-state index is 0.212. The van der Waals surface area contributed by atoms with Gasteiger partial charge in [-0.15, -0.1) is 0 Å². The molecular formula is C11H14BrClN2O. The van der Waals surface area contributed by atoms with E-state index >= 15 is 0 Å². The summed E-state index contributed by atoms with van der Waals surface area (Å²) in [7, 11) is 0. The molecule has 16 heavy (non-hydrogen) atoms. The number of carbonyl (C=O) groups excluding carboxylic acids is 1. The normalized spacial score (nSPS) is 9.94. The van der Waals surface area contributed by atoms with Gasteiger partial charge in [-0.05, 0) is 40.5 Å². The van der Waals surface area contributed by atoms with Crippen molar-refractivity contribution in [1.29, 1.82) is 0 Å². The summed E-state index contributed by atoms with van der Waals surface area (Å²) in [6, 6.07) is 5.04. The van der Waals surface area contributed by atoms with Gasteiger partial charge in [0.2, 0.25) is 0 Å². The maximum atomic E-state index is 11.5. The molecule has 2 N–H and O–H groups in total. The zero-order valence-electron chi connectivity index (χ0n) is 9.02. The quantitative estimate of drug-likeness (QED) is 0.810. The molecule has 0 saturated carbocycles. The SMILES string of the molecule is CCCCNC(=O)Nc1cc(Cl)ccc1Br. The predicted molar refractivity (Wildman–Crippen MR) is 71.1 cm³/mol. The van der Waals surface area contributed by atoms with Crippen LogP contribution in [0.5, 0.6) is 0 Å². The van der Waals surface area contributed by atoms with Crippen LogP contribution in [0, 0.1) is 0 Å². The molecule has 1 aromatic carbocycles. The average molecular weight is 306 g/mol. The molecule has 0 aliphatic carbocycles. The first-order valence-corrected chi connectivity index (χ1v) is 6.30. The maximum Gasteiger partial charge on any atom is 0.319 e. The molecule has 0 bridgehead atoms. The number of hydrogen-bond donors (Lipinski definition) is 2. The van der Waals surface area contributed by atoms with E-state index in [0.29, 0.717) is 17.3 Å². The second-order valence-electron chi connectivity index (χ2n) is 3.36. The molecule has 0 unspecified atom stereocenters. The number of halogens is 2. The predicted octanol–water partition coefficient (Wildman–Crippen LogP) is 4.02. The number of carbonyl (C=O) groups is 1. The highest BCUT2D eigenvalue weighted by Crippen LogP contribution is 2.25. The molecule has 0 saturated heterocycles. The van der Waals surface area contributed by atoms with Crippen LogP contribution in [0.1, 0.15) is 19.8 Å². The highest BCUT2D eigenvalue weighted by atomic mass is 79.9. The van der Waals surface area contributed by atoms with Gasteiger partial charge in [-0.1, -0.05) is 24.9 Å². The largest absolute Gasteiger partial charge is 0.338 e. The van der Waals surface area contributed by atoms with Gasteiger partial charge >= 0.3 is 6.03 Å². The molecule has 0 heterocycles. The van der Waals surface area contributed by atoms with Gasteiger partial charge < -0.3 is 10.6 Å². The summed E-state index contributed by atoms with van der Waals surface area (Å²) in [6.07, 6.45) is 2.03. The Morgan fingerprint density at radius 2 is 2.25 bits per heavy atom. The van der Waals surface area contributed by atoms with E-state index in [0.717, 1.165) is 17.3 Å².